The Kier molecular flexibility index (Phi) is 4.19. The van der Waals surface area contributed by atoms with E-state index in [0.29, 0.717) is 13.1 Å². The summed E-state index contributed by atoms with van der Waals surface area (Å²) in [4.78, 5) is 17.4. The first-order valence-electron chi connectivity index (χ1n) is 8.54. The Labute approximate surface area is 146 Å². The fourth-order valence-electron chi connectivity index (χ4n) is 3.49. The lowest BCUT2D eigenvalue weighted by atomic mass is 10.1. The fraction of sp³-hybridized carbons (Fsp3) is 0.316. The lowest BCUT2D eigenvalue weighted by molar-refractivity contribution is 0.122. The smallest absolute Gasteiger partial charge is 0.411 e. The minimum atomic E-state index is -0.908. The Hall–Kier alpha value is -2.73. The minimum Gasteiger partial charge on any atom is -0.465 e. The highest BCUT2D eigenvalue weighted by atomic mass is 16.5. The molecule has 0 aliphatic carbocycles. The molecule has 0 radical (unpaired) electrons. The number of carbonyl (C=O) groups is 1. The van der Waals surface area contributed by atoms with Gasteiger partial charge in [0, 0.05) is 37.6 Å². The van der Waals surface area contributed by atoms with Crippen LogP contribution in [0.25, 0.3) is 0 Å². The third-order valence-electron chi connectivity index (χ3n) is 4.78. The molecule has 0 bridgehead atoms. The summed E-state index contributed by atoms with van der Waals surface area (Å²) in [6.07, 6.45) is -0.908. The van der Waals surface area contributed by atoms with Gasteiger partial charge in [0.2, 0.25) is 0 Å². The van der Waals surface area contributed by atoms with Crippen LogP contribution in [0.1, 0.15) is 0 Å². The Bertz CT molecular complexity index is 757. The van der Waals surface area contributed by atoms with Crippen molar-refractivity contribution in [2.45, 2.75) is 0 Å². The number of fused-ring (bicyclic) bond motifs is 1. The number of para-hydroxylation sites is 2. The number of morpholine rings is 1. The SMILES string of the molecule is O=C(O)N1CCN(c2ccc(N3CCOCC3)cc2)c2ccccc21. The van der Waals surface area contributed by atoms with Gasteiger partial charge in [-0.3, -0.25) is 4.90 Å². The lowest BCUT2D eigenvalue weighted by Gasteiger charge is -2.36. The molecule has 1 fully saturated rings. The molecule has 2 aliphatic rings. The summed E-state index contributed by atoms with van der Waals surface area (Å²) >= 11 is 0. The molecule has 0 aromatic heterocycles. The summed E-state index contributed by atoms with van der Waals surface area (Å²) < 4.78 is 5.41. The maximum Gasteiger partial charge on any atom is 0.411 e. The number of hydrogen-bond acceptors (Lipinski definition) is 4. The van der Waals surface area contributed by atoms with Gasteiger partial charge in [-0.25, -0.2) is 4.79 Å². The van der Waals surface area contributed by atoms with Gasteiger partial charge in [-0.2, -0.15) is 0 Å². The van der Waals surface area contributed by atoms with Crippen molar-refractivity contribution in [3.05, 3.63) is 48.5 Å². The fourth-order valence-corrected chi connectivity index (χ4v) is 3.49. The van der Waals surface area contributed by atoms with Gasteiger partial charge < -0.3 is 19.6 Å². The number of benzene rings is 2. The van der Waals surface area contributed by atoms with Crippen LogP contribution in [-0.2, 0) is 4.74 Å². The van der Waals surface area contributed by atoms with Crippen LogP contribution >= 0.6 is 0 Å². The van der Waals surface area contributed by atoms with Gasteiger partial charge in [0.15, 0.2) is 0 Å². The molecule has 0 atom stereocenters. The van der Waals surface area contributed by atoms with Crippen LogP contribution in [-0.4, -0.2) is 50.6 Å². The summed E-state index contributed by atoms with van der Waals surface area (Å²) in [7, 11) is 0. The van der Waals surface area contributed by atoms with Crippen LogP contribution in [0.15, 0.2) is 48.5 Å². The Morgan fingerprint density at radius 2 is 1.48 bits per heavy atom. The van der Waals surface area contributed by atoms with E-state index < -0.39 is 6.09 Å². The van der Waals surface area contributed by atoms with Gasteiger partial charge in [-0.1, -0.05) is 12.1 Å². The van der Waals surface area contributed by atoms with Gasteiger partial charge in [-0.05, 0) is 36.4 Å². The van der Waals surface area contributed by atoms with Crippen molar-refractivity contribution in [2.24, 2.45) is 0 Å². The predicted octanol–water partition coefficient (Wildman–Crippen LogP) is 3.16. The van der Waals surface area contributed by atoms with Crippen molar-refractivity contribution in [3.63, 3.8) is 0 Å². The van der Waals surface area contributed by atoms with Crippen LogP contribution in [0.2, 0.25) is 0 Å². The third-order valence-corrected chi connectivity index (χ3v) is 4.78. The summed E-state index contributed by atoms with van der Waals surface area (Å²) in [5.74, 6) is 0. The van der Waals surface area contributed by atoms with Gasteiger partial charge in [0.25, 0.3) is 0 Å². The molecule has 1 N–H and O–H groups in total. The van der Waals surface area contributed by atoms with Crippen LogP contribution in [0.4, 0.5) is 27.5 Å². The largest absolute Gasteiger partial charge is 0.465 e. The molecule has 0 unspecified atom stereocenters. The first kappa shape index (κ1) is 15.8. The zero-order chi connectivity index (χ0) is 17.2. The molecule has 2 aromatic carbocycles. The predicted molar refractivity (Wildman–Crippen MR) is 98.3 cm³/mol. The highest BCUT2D eigenvalue weighted by Gasteiger charge is 2.27. The molecule has 6 heteroatoms. The third kappa shape index (κ3) is 3.00. The summed E-state index contributed by atoms with van der Waals surface area (Å²) in [5, 5.41) is 9.41. The van der Waals surface area contributed by atoms with E-state index >= 15 is 0 Å². The molecule has 2 heterocycles. The topological polar surface area (TPSA) is 56.2 Å². The van der Waals surface area contributed by atoms with Gasteiger partial charge in [0.05, 0.1) is 24.6 Å². The zero-order valence-electron chi connectivity index (χ0n) is 14.0. The first-order valence-corrected chi connectivity index (χ1v) is 8.54. The zero-order valence-corrected chi connectivity index (χ0v) is 14.0. The molecule has 25 heavy (non-hydrogen) atoms. The highest BCUT2D eigenvalue weighted by Crippen LogP contribution is 2.38. The normalized spacial score (nSPS) is 17.4. The van der Waals surface area contributed by atoms with Crippen molar-refractivity contribution in [2.75, 3.05) is 54.1 Å². The van der Waals surface area contributed by atoms with E-state index in [1.54, 1.807) is 0 Å². The molecule has 4 rings (SSSR count). The second kappa shape index (κ2) is 6.64. The Morgan fingerprint density at radius 3 is 2.16 bits per heavy atom. The lowest BCUT2D eigenvalue weighted by Crippen LogP contribution is -2.41. The quantitative estimate of drug-likeness (QED) is 0.911. The molecule has 0 spiro atoms. The Morgan fingerprint density at radius 1 is 0.840 bits per heavy atom. The van der Waals surface area contributed by atoms with E-state index in [2.05, 4.69) is 34.1 Å². The van der Waals surface area contributed by atoms with Crippen LogP contribution in [0.5, 0.6) is 0 Å². The number of anilines is 4. The summed E-state index contributed by atoms with van der Waals surface area (Å²) in [6.45, 7) is 4.47. The molecular weight excluding hydrogens is 318 g/mol. The maximum atomic E-state index is 11.5. The molecular formula is C19H21N3O3. The first-order chi connectivity index (χ1) is 12.2. The van der Waals surface area contributed by atoms with Gasteiger partial charge in [0.1, 0.15) is 0 Å². The van der Waals surface area contributed by atoms with E-state index in [1.165, 1.54) is 10.6 Å². The minimum absolute atomic E-state index is 0.456. The van der Waals surface area contributed by atoms with E-state index in [1.807, 2.05) is 24.3 Å². The number of ether oxygens (including phenoxy) is 1. The van der Waals surface area contributed by atoms with Gasteiger partial charge in [-0.15, -0.1) is 0 Å². The molecule has 2 aromatic rings. The average Bonchev–Trinajstić information content (AvgIpc) is 2.68. The highest BCUT2D eigenvalue weighted by molar-refractivity contribution is 5.94. The molecule has 1 amide bonds. The second-order valence-corrected chi connectivity index (χ2v) is 6.19. The molecule has 1 saturated heterocycles. The van der Waals surface area contributed by atoms with E-state index in [0.717, 1.165) is 43.4 Å². The molecule has 2 aliphatic heterocycles. The number of hydrogen-bond donors (Lipinski definition) is 1. The summed E-state index contributed by atoms with van der Waals surface area (Å²) in [6, 6.07) is 16.1. The number of amides is 1. The number of carboxylic acid groups (broad SMARTS) is 1. The van der Waals surface area contributed by atoms with Gasteiger partial charge >= 0.3 is 6.09 Å². The van der Waals surface area contributed by atoms with Crippen molar-refractivity contribution in [3.8, 4) is 0 Å². The molecule has 6 nitrogen and oxygen atoms in total. The van der Waals surface area contributed by atoms with Crippen molar-refractivity contribution < 1.29 is 14.6 Å². The van der Waals surface area contributed by atoms with Crippen LogP contribution in [0, 0.1) is 0 Å². The van der Waals surface area contributed by atoms with Crippen molar-refractivity contribution in [1.82, 2.24) is 0 Å². The Balaban J connectivity index is 1.61. The maximum absolute atomic E-state index is 11.5. The molecule has 130 valence electrons. The van der Waals surface area contributed by atoms with Crippen molar-refractivity contribution in [1.29, 1.82) is 0 Å². The van der Waals surface area contributed by atoms with Crippen LogP contribution < -0.4 is 14.7 Å². The number of rotatable bonds is 2. The standard InChI is InChI=1S/C19H21N3O3/c23-19(24)22-10-9-21(17-3-1-2-4-18(17)22)16-7-5-15(6-8-16)20-11-13-25-14-12-20/h1-8H,9-14H2,(H,23,24). The van der Waals surface area contributed by atoms with Crippen molar-refractivity contribution >= 4 is 28.8 Å². The second-order valence-electron chi connectivity index (χ2n) is 6.19. The van der Waals surface area contributed by atoms with Crippen LogP contribution in [0.3, 0.4) is 0 Å². The average molecular weight is 339 g/mol. The molecule has 0 saturated carbocycles. The van der Waals surface area contributed by atoms with E-state index in [-0.39, 0.29) is 0 Å². The monoisotopic (exact) mass is 339 g/mol. The summed E-state index contributed by atoms with van der Waals surface area (Å²) in [5.41, 5.74) is 3.94. The van der Waals surface area contributed by atoms with E-state index in [9.17, 15) is 9.90 Å². The number of nitrogens with zero attached hydrogens (tertiary/aromatic N) is 3. The van der Waals surface area contributed by atoms with E-state index in [4.69, 9.17) is 4.74 Å².